The van der Waals surface area contributed by atoms with Crippen LogP contribution >= 0.6 is 0 Å². The molecule has 0 N–H and O–H groups in total. The van der Waals surface area contributed by atoms with Crippen LogP contribution in [0.2, 0.25) is 0 Å². The molecular formula is C26H24FN5O4. The monoisotopic (exact) mass is 489 g/mol. The predicted octanol–water partition coefficient (Wildman–Crippen LogP) is 4.30. The Morgan fingerprint density at radius 1 is 1.11 bits per heavy atom. The van der Waals surface area contributed by atoms with Crippen LogP contribution in [0.5, 0.6) is 0 Å². The first-order valence-electron chi connectivity index (χ1n) is 11.7. The smallest absolute Gasteiger partial charge is 0.279 e. The fourth-order valence-electron chi connectivity index (χ4n) is 4.65. The molecule has 1 atom stereocenters. The molecule has 1 fully saturated rings. The van der Waals surface area contributed by atoms with Crippen LogP contribution in [0, 0.1) is 15.9 Å². The molecule has 1 aliphatic rings. The lowest BCUT2D eigenvalue weighted by Gasteiger charge is -2.29. The van der Waals surface area contributed by atoms with E-state index in [1.807, 2.05) is 30.3 Å². The highest BCUT2D eigenvalue weighted by atomic mass is 19.1. The van der Waals surface area contributed by atoms with Crippen molar-refractivity contribution in [2.24, 2.45) is 0 Å². The van der Waals surface area contributed by atoms with E-state index in [2.05, 4.69) is 5.10 Å². The average Bonchev–Trinajstić information content (AvgIpc) is 3.29. The molecule has 0 spiro atoms. The second-order valence-electron chi connectivity index (χ2n) is 8.97. The van der Waals surface area contributed by atoms with Crippen LogP contribution < -0.4 is 11.2 Å². The van der Waals surface area contributed by atoms with Crippen molar-refractivity contribution in [3.63, 3.8) is 0 Å². The first kappa shape index (κ1) is 23.4. The molecule has 2 heterocycles. The average molecular weight is 490 g/mol. The van der Waals surface area contributed by atoms with Gasteiger partial charge in [0, 0.05) is 23.4 Å². The zero-order valence-electron chi connectivity index (χ0n) is 19.6. The van der Waals surface area contributed by atoms with Crippen LogP contribution in [-0.2, 0) is 6.54 Å². The molecule has 0 amide bonds. The highest BCUT2D eigenvalue weighted by Gasteiger charge is 2.35. The van der Waals surface area contributed by atoms with E-state index in [4.69, 9.17) is 0 Å². The van der Waals surface area contributed by atoms with E-state index < -0.39 is 33.7 Å². The van der Waals surface area contributed by atoms with Crippen LogP contribution in [0.15, 0.2) is 76.6 Å². The second kappa shape index (κ2) is 9.37. The van der Waals surface area contributed by atoms with Gasteiger partial charge in [0.2, 0.25) is 0 Å². The van der Waals surface area contributed by atoms with Gasteiger partial charge in [-0.1, -0.05) is 48.5 Å². The summed E-state index contributed by atoms with van der Waals surface area (Å²) in [5, 5.41) is 16.5. The number of halogens is 1. The summed E-state index contributed by atoms with van der Waals surface area (Å²) >= 11 is 0. The maximum absolute atomic E-state index is 14.2. The molecule has 184 valence electrons. The summed E-state index contributed by atoms with van der Waals surface area (Å²) in [6.45, 7) is 1.85. The number of nitro groups is 1. The van der Waals surface area contributed by atoms with Crippen molar-refractivity contribution in [2.45, 2.75) is 44.8 Å². The Balaban J connectivity index is 1.73. The molecule has 5 rings (SSSR count). The first-order chi connectivity index (χ1) is 17.4. The van der Waals surface area contributed by atoms with Gasteiger partial charge in [-0.2, -0.15) is 5.10 Å². The Labute approximate surface area is 205 Å². The number of hydrogen-bond acceptors (Lipinski definition) is 5. The molecule has 0 aliphatic heterocycles. The number of rotatable bonds is 7. The Hall–Kier alpha value is -4.34. The van der Waals surface area contributed by atoms with Gasteiger partial charge >= 0.3 is 16.9 Å². The normalized spacial score (nSPS) is 14.4. The zero-order valence-corrected chi connectivity index (χ0v) is 19.6. The molecule has 0 saturated heterocycles. The number of aromatic nitrogens is 4. The van der Waals surface area contributed by atoms with Crippen molar-refractivity contribution in [1.82, 2.24) is 18.9 Å². The van der Waals surface area contributed by atoms with E-state index in [1.165, 1.54) is 27.7 Å². The molecule has 0 bridgehead atoms. The molecule has 36 heavy (non-hydrogen) atoms. The lowest BCUT2D eigenvalue weighted by atomic mass is 9.93. The lowest BCUT2D eigenvalue weighted by Crippen LogP contribution is -2.46. The second-order valence-corrected chi connectivity index (χ2v) is 8.97. The summed E-state index contributed by atoms with van der Waals surface area (Å²) < 4.78 is 18.0. The van der Waals surface area contributed by atoms with Crippen LogP contribution in [0.3, 0.4) is 0 Å². The van der Waals surface area contributed by atoms with Crippen LogP contribution in [0.1, 0.15) is 49.4 Å². The molecule has 0 radical (unpaired) electrons. The minimum atomic E-state index is -0.914. The zero-order chi connectivity index (χ0) is 25.4. The molecule has 9 nitrogen and oxygen atoms in total. The van der Waals surface area contributed by atoms with E-state index in [1.54, 1.807) is 25.1 Å². The van der Waals surface area contributed by atoms with E-state index >= 15 is 0 Å². The van der Waals surface area contributed by atoms with Crippen molar-refractivity contribution in [3.8, 4) is 11.3 Å². The molecule has 2 aromatic carbocycles. The standard InChI is InChI=1S/C26H24FN5O4/c1-17(18-8-3-2-4-9-18)30-23(20-14-28-29(16-20)15-19-10-5-6-13-22(19)27)24(32(35)36)25(33)31(26(30)34)21-11-7-12-21/h2-6,8-10,13-14,16-17,21H,7,11-12,15H2,1H3. The summed E-state index contributed by atoms with van der Waals surface area (Å²) in [4.78, 5) is 38.7. The molecule has 1 unspecified atom stereocenters. The number of nitrogens with zero attached hydrogens (tertiary/aromatic N) is 5. The minimum Gasteiger partial charge on any atom is -0.279 e. The van der Waals surface area contributed by atoms with Crippen LogP contribution in [0.25, 0.3) is 11.3 Å². The van der Waals surface area contributed by atoms with Crippen molar-refractivity contribution in [1.29, 1.82) is 0 Å². The predicted molar refractivity (Wildman–Crippen MR) is 131 cm³/mol. The largest absolute Gasteiger partial charge is 0.358 e. The maximum Gasteiger partial charge on any atom is 0.358 e. The Kier molecular flexibility index (Phi) is 6.09. The van der Waals surface area contributed by atoms with Crippen LogP contribution in [-0.4, -0.2) is 23.8 Å². The number of benzene rings is 2. The molecular weight excluding hydrogens is 465 g/mol. The van der Waals surface area contributed by atoms with Gasteiger partial charge in [0.15, 0.2) is 0 Å². The van der Waals surface area contributed by atoms with Crippen molar-refractivity contribution in [2.75, 3.05) is 0 Å². The number of hydrogen-bond donors (Lipinski definition) is 0. The summed E-state index contributed by atoms with van der Waals surface area (Å²) in [7, 11) is 0. The van der Waals surface area contributed by atoms with E-state index in [0.29, 0.717) is 18.4 Å². The molecule has 1 saturated carbocycles. The highest BCUT2D eigenvalue weighted by Crippen LogP contribution is 2.34. The van der Waals surface area contributed by atoms with E-state index in [-0.39, 0.29) is 23.8 Å². The van der Waals surface area contributed by atoms with E-state index in [9.17, 15) is 24.1 Å². The fraction of sp³-hybridized carbons (Fsp3) is 0.269. The molecule has 4 aromatic rings. The fourth-order valence-corrected chi connectivity index (χ4v) is 4.65. The lowest BCUT2D eigenvalue weighted by molar-refractivity contribution is -0.386. The van der Waals surface area contributed by atoms with Gasteiger partial charge in [-0.25, -0.2) is 9.18 Å². The van der Waals surface area contributed by atoms with Gasteiger partial charge in [0.25, 0.3) is 0 Å². The molecule has 1 aliphatic carbocycles. The Morgan fingerprint density at radius 3 is 2.44 bits per heavy atom. The third-order valence-corrected chi connectivity index (χ3v) is 6.79. The van der Waals surface area contributed by atoms with Crippen molar-refractivity contribution < 1.29 is 9.31 Å². The first-order valence-corrected chi connectivity index (χ1v) is 11.7. The van der Waals surface area contributed by atoms with Gasteiger partial charge in [0.05, 0.1) is 23.7 Å². The SMILES string of the molecule is CC(c1ccccc1)n1c(-c2cnn(Cc3ccccc3F)c2)c([N+](=O)[O-])c(=O)n(C2CCC2)c1=O. The Bertz CT molecular complexity index is 1550. The summed E-state index contributed by atoms with van der Waals surface area (Å²) in [6.07, 6.45) is 4.94. The minimum absolute atomic E-state index is 0.0814. The quantitative estimate of drug-likeness (QED) is 0.284. The van der Waals surface area contributed by atoms with Gasteiger partial charge < -0.3 is 0 Å². The van der Waals surface area contributed by atoms with Crippen LogP contribution in [0.4, 0.5) is 10.1 Å². The van der Waals surface area contributed by atoms with Gasteiger partial charge in [-0.15, -0.1) is 0 Å². The van der Waals surface area contributed by atoms with Gasteiger partial charge in [-0.3, -0.25) is 28.7 Å². The van der Waals surface area contributed by atoms with E-state index in [0.717, 1.165) is 16.6 Å². The Morgan fingerprint density at radius 2 is 1.81 bits per heavy atom. The summed E-state index contributed by atoms with van der Waals surface area (Å²) in [5.74, 6) is -0.404. The molecule has 10 heteroatoms. The summed E-state index contributed by atoms with van der Waals surface area (Å²) in [5.41, 5.74) is -0.913. The maximum atomic E-state index is 14.2. The summed E-state index contributed by atoms with van der Waals surface area (Å²) in [6, 6.07) is 14.4. The third-order valence-electron chi connectivity index (χ3n) is 6.79. The van der Waals surface area contributed by atoms with Crippen molar-refractivity contribution in [3.05, 3.63) is 115 Å². The third kappa shape index (κ3) is 4.04. The van der Waals surface area contributed by atoms with Gasteiger partial charge in [-0.05, 0) is 37.8 Å². The topological polar surface area (TPSA) is 105 Å². The van der Waals surface area contributed by atoms with Crippen molar-refractivity contribution >= 4 is 5.69 Å². The highest BCUT2D eigenvalue weighted by molar-refractivity contribution is 5.68. The molecule has 2 aromatic heterocycles. The van der Waals surface area contributed by atoms with Gasteiger partial charge in [0.1, 0.15) is 11.5 Å².